The van der Waals surface area contributed by atoms with Gasteiger partial charge in [0.25, 0.3) is 0 Å². The van der Waals surface area contributed by atoms with Gasteiger partial charge in [-0.2, -0.15) is 5.26 Å². The summed E-state index contributed by atoms with van der Waals surface area (Å²) in [5.41, 5.74) is 1.32. The lowest BCUT2D eigenvalue weighted by atomic mass is 9.81. The number of benzene rings is 1. The summed E-state index contributed by atoms with van der Waals surface area (Å²) >= 11 is 1.26. The summed E-state index contributed by atoms with van der Waals surface area (Å²) in [5.74, 6) is 6.65. The summed E-state index contributed by atoms with van der Waals surface area (Å²) in [7, 11) is 1.73. The first kappa shape index (κ1) is 20.2. The van der Waals surface area contributed by atoms with Crippen molar-refractivity contribution in [2.24, 2.45) is 0 Å². The highest BCUT2D eigenvalue weighted by molar-refractivity contribution is 8.00. The maximum atomic E-state index is 13.0. The van der Waals surface area contributed by atoms with Gasteiger partial charge < -0.3 is 10.7 Å². The Hall–Kier alpha value is -2.53. The van der Waals surface area contributed by atoms with E-state index in [0.717, 1.165) is 43.2 Å². The molecule has 0 radical (unpaired) electrons. The van der Waals surface area contributed by atoms with Gasteiger partial charge in [0.15, 0.2) is 5.82 Å². The molecule has 2 N–H and O–H groups in total. The van der Waals surface area contributed by atoms with Crippen molar-refractivity contribution in [2.45, 2.75) is 61.9 Å². The molecule has 1 fully saturated rings. The van der Waals surface area contributed by atoms with Crippen LogP contribution in [0.5, 0.6) is 0 Å². The van der Waals surface area contributed by atoms with Crippen molar-refractivity contribution in [1.82, 2.24) is 19.8 Å². The van der Waals surface area contributed by atoms with Crippen LogP contribution in [-0.4, -0.2) is 43.5 Å². The average Bonchev–Trinajstić information content (AvgIpc) is 3.08. The van der Waals surface area contributed by atoms with Gasteiger partial charge in [-0.3, -0.25) is 4.79 Å². The minimum absolute atomic E-state index is 0.0895. The highest BCUT2D eigenvalue weighted by atomic mass is 32.2. The third-order valence-corrected chi connectivity index (χ3v) is 6.51. The third-order valence-electron chi connectivity index (χ3n) is 5.47. The zero-order valence-corrected chi connectivity index (χ0v) is 17.4. The molecule has 7 nitrogen and oxygen atoms in total. The highest BCUT2D eigenvalue weighted by Gasteiger charge is 2.40. The number of hydrogen-bond acceptors (Lipinski definition) is 6. The Morgan fingerprint density at radius 1 is 1.29 bits per heavy atom. The summed E-state index contributed by atoms with van der Waals surface area (Å²) in [6, 6.07) is 10.3. The number of amides is 1. The van der Waals surface area contributed by atoms with Crippen LogP contribution in [0.2, 0.25) is 0 Å². The molecule has 148 valence electrons. The predicted molar refractivity (Wildman–Crippen MR) is 110 cm³/mol. The smallest absolute Gasteiger partial charge is 0.236 e. The van der Waals surface area contributed by atoms with Gasteiger partial charge in [0.2, 0.25) is 11.1 Å². The number of thioether (sulfide) groups is 1. The number of nitrogen functional groups attached to an aromatic ring is 1. The van der Waals surface area contributed by atoms with Crippen molar-refractivity contribution in [3.63, 3.8) is 0 Å². The van der Waals surface area contributed by atoms with Crippen LogP contribution in [0.15, 0.2) is 29.4 Å². The van der Waals surface area contributed by atoms with Gasteiger partial charge in [-0.25, -0.2) is 4.68 Å². The zero-order chi connectivity index (χ0) is 20.3. The molecule has 1 aliphatic carbocycles. The maximum absolute atomic E-state index is 13.0. The normalized spacial score (nSPS) is 16.9. The molecule has 0 saturated heterocycles. The van der Waals surface area contributed by atoms with Crippen LogP contribution in [0.25, 0.3) is 11.4 Å². The number of hydrogen-bond donors (Lipinski definition) is 1. The van der Waals surface area contributed by atoms with Crippen molar-refractivity contribution in [3.05, 3.63) is 29.8 Å². The third kappa shape index (κ3) is 3.85. The number of aromatic nitrogens is 3. The first-order valence-corrected chi connectivity index (χ1v) is 10.4. The zero-order valence-electron chi connectivity index (χ0n) is 16.6. The van der Waals surface area contributed by atoms with E-state index >= 15 is 0 Å². The van der Waals surface area contributed by atoms with Crippen molar-refractivity contribution >= 4 is 17.7 Å². The molecule has 1 heterocycles. The molecular weight excluding hydrogens is 372 g/mol. The molecule has 1 atom stereocenters. The van der Waals surface area contributed by atoms with Crippen LogP contribution < -0.4 is 5.84 Å². The highest BCUT2D eigenvalue weighted by Crippen LogP contribution is 2.34. The molecule has 1 aliphatic rings. The van der Waals surface area contributed by atoms with Crippen molar-refractivity contribution in [1.29, 1.82) is 5.26 Å². The number of aryl methyl sites for hydroxylation is 1. The van der Waals surface area contributed by atoms with Crippen molar-refractivity contribution in [3.8, 4) is 17.5 Å². The molecule has 8 heteroatoms. The van der Waals surface area contributed by atoms with Gasteiger partial charge in [0.05, 0.1) is 11.3 Å². The van der Waals surface area contributed by atoms with E-state index in [2.05, 4.69) is 16.3 Å². The second kappa shape index (κ2) is 8.23. The molecule has 2 aromatic rings. The van der Waals surface area contributed by atoms with Gasteiger partial charge in [-0.1, -0.05) is 60.9 Å². The Morgan fingerprint density at radius 3 is 2.54 bits per heavy atom. The lowest BCUT2D eigenvalue weighted by Crippen LogP contribution is -2.52. The maximum Gasteiger partial charge on any atom is 0.236 e. The van der Waals surface area contributed by atoms with Crippen LogP contribution in [-0.2, 0) is 4.79 Å². The number of rotatable bonds is 5. The van der Waals surface area contributed by atoms with Gasteiger partial charge in [-0.05, 0) is 26.7 Å². The minimum atomic E-state index is -0.701. The number of carbonyl (C=O) groups excluding carboxylic acids is 1. The van der Waals surface area contributed by atoms with Crippen molar-refractivity contribution < 1.29 is 4.79 Å². The number of nitrogens with two attached hydrogens (primary N) is 1. The molecule has 1 aromatic heterocycles. The fourth-order valence-corrected chi connectivity index (χ4v) is 4.47. The van der Waals surface area contributed by atoms with Crippen LogP contribution in [0.4, 0.5) is 0 Å². The second-order valence-corrected chi connectivity index (χ2v) is 8.71. The van der Waals surface area contributed by atoms with E-state index in [9.17, 15) is 10.1 Å². The first-order valence-electron chi connectivity index (χ1n) is 9.51. The fourth-order valence-electron chi connectivity index (χ4n) is 3.61. The SMILES string of the molecule is Cc1ccc(-c2nnc(S[C@H](C)C(=O)N(C)C3(C#N)CCCCC3)n2N)cc1. The number of nitriles is 1. The quantitative estimate of drug-likeness (QED) is 0.613. The largest absolute Gasteiger partial charge is 0.335 e. The van der Waals surface area contributed by atoms with Crippen molar-refractivity contribution in [2.75, 3.05) is 12.9 Å². The van der Waals surface area contributed by atoms with Crippen LogP contribution in [0.3, 0.4) is 0 Å². The van der Waals surface area contributed by atoms with Gasteiger partial charge in [-0.15, -0.1) is 10.2 Å². The Bertz CT molecular complexity index is 879. The van der Waals surface area contributed by atoms with E-state index < -0.39 is 10.8 Å². The van der Waals surface area contributed by atoms with E-state index in [1.54, 1.807) is 11.9 Å². The molecule has 1 saturated carbocycles. The minimum Gasteiger partial charge on any atom is -0.335 e. The molecule has 0 aliphatic heterocycles. The Kier molecular flexibility index (Phi) is 5.94. The molecule has 0 spiro atoms. The Labute approximate surface area is 169 Å². The van der Waals surface area contributed by atoms with E-state index in [-0.39, 0.29) is 5.91 Å². The molecule has 1 amide bonds. The van der Waals surface area contributed by atoms with Gasteiger partial charge in [0.1, 0.15) is 5.54 Å². The van der Waals surface area contributed by atoms with Gasteiger partial charge >= 0.3 is 0 Å². The average molecular weight is 399 g/mol. The number of carbonyl (C=O) groups is 1. The van der Waals surface area contributed by atoms with E-state index in [0.29, 0.717) is 11.0 Å². The van der Waals surface area contributed by atoms with Crippen LogP contribution >= 0.6 is 11.8 Å². The van der Waals surface area contributed by atoms with E-state index in [1.165, 1.54) is 16.4 Å². The summed E-state index contributed by atoms with van der Waals surface area (Å²) in [6.07, 6.45) is 4.53. The van der Waals surface area contributed by atoms with E-state index in [4.69, 9.17) is 5.84 Å². The topological polar surface area (TPSA) is 101 Å². The first-order chi connectivity index (χ1) is 13.4. The lowest BCUT2D eigenvalue weighted by molar-refractivity contribution is -0.133. The van der Waals surface area contributed by atoms with Crippen LogP contribution in [0, 0.1) is 18.3 Å². The lowest BCUT2D eigenvalue weighted by Gasteiger charge is -2.40. The summed E-state index contributed by atoms with van der Waals surface area (Å²) < 4.78 is 1.42. The molecule has 0 bridgehead atoms. The van der Waals surface area contributed by atoms with Gasteiger partial charge in [0, 0.05) is 12.6 Å². The monoisotopic (exact) mass is 398 g/mol. The standard InChI is InChI=1S/C20H26N6OS/c1-14-7-9-16(10-8-14)17-23-24-19(26(17)22)28-15(2)18(27)25(3)20(13-21)11-5-4-6-12-20/h7-10,15H,4-6,11-12,22H2,1-3H3/t15-/m1/s1. The predicted octanol–water partition coefficient (Wildman–Crippen LogP) is 3.13. The summed E-state index contributed by atoms with van der Waals surface area (Å²) in [6.45, 7) is 3.83. The summed E-state index contributed by atoms with van der Waals surface area (Å²) in [4.78, 5) is 14.6. The molecule has 0 unspecified atom stereocenters. The van der Waals surface area contributed by atoms with E-state index in [1.807, 2.05) is 38.1 Å². The Balaban J connectivity index is 1.74. The molecule has 28 heavy (non-hydrogen) atoms. The molecular formula is C20H26N6OS. The van der Waals surface area contributed by atoms with Crippen LogP contribution in [0.1, 0.15) is 44.6 Å². The fraction of sp³-hybridized carbons (Fsp3) is 0.500. The molecule has 3 rings (SSSR count). The second-order valence-electron chi connectivity index (χ2n) is 7.40. The number of nitrogens with zero attached hydrogens (tertiary/aromatic N) is 5. The summed E-state index contributed by atoms with van der Waals surface area (Å²) in [5, 5.41) is 18.1. The molecule has 1 aromatic carbocycles. The Morgan fingerprint density at radius 2 is 1.93 bits per heavy atom.